The van der Waals surface area contributed by atoms with Gasteiger partial charge in [0, 0.05) is 11.5 Å². The van der Waals surface area contributed by atoms with Gasteiger partial charge in [-0.15, -0.1) is 0 Å². The van der Waals surface area contributed by atoms with Crippen LogP contribution in [0.2, 0.25) is 0 Å². The molecule has 0 fully saturated rings. The summed E-state index contributed by atoms with van der Waals surface area (Å²) >= 11 is 0. The molecule has 0 atom stereocenters. The minimum absolute atomic E-state index is 0.0472. The van der Waals surface area contributed by atoms with Crippen LogP contribution in [-0.2, 0) is 0 Å². The molecule has 0 aliphatic heterocycles. The molecule has 142 valence electrons. The molecule has 0 amide bonds. The summed E-state index contributed by atoms with van der Waals surface area (Å²) in [7, 11) is 2.98. The van der Waals surface area contributed by atoms with Crippen molar-refractivity contribution in [2.75, 3.05) is 14.2 Å². The van der Waals surface area contributed by atoms with Crippen LogP contribution in [0.25, 0.3) is 17.0 Å². The van der Waals surface area contributed by atoms with Crippen LogP contribution in [-0.4, -0.2) is 25.1 Å². The van der Waals surface area contributed by atoms with E-state index in [4.69, 9.17) is 13.9 Å². The van der Waals surface area contributed by atoms with Crippen molar-refractivity contribution in [2.24, 2.45) is 0 Å². The number of carbonyl (C=O) groups is 1. The highest BCUT2D eigenvalue weighted by Gasteiger charge is 2.11. The van der Waals surface area contributed by atoms with E-state index in [9.17, 15) is 14.7 Å². The Labute approximate surface area is 160 Å². The Bertz CT molecular complexity index is 1140. The van der Waals surface area contributed by atoms with Crippen LogP contribution in [0.3, 0.4) is 0 Å². The van der Waals surface area contributed by atoms with E-state index in [0.29, 0.717) is 22.5 Å². The second-order valence-electron chi connectivity index (χ2n) is 5.87. The van der Waals surface area contributed by atoms with Gasteiger partial charge in [-0.05, 0) is 42.0 Å². The van der Waals surface area contributed by atoms with Crippen LogP contribution >= 0.6 is 0 Å². The number of phenols is 1. The Morgan fingerprint density at radius 2 is 1.86 bits per heavy atom. The largest absolute Gasteiger partial charge is 0.504 e. The van der Waals surface area contributed by atoms with Crippen molar-refractivity contribution in [1.82, 2.24) is 0 Å². The summed E-state index contributed by atoms with van der Waals surface area (Å²) < 4.78 is 15.4. The van der Waals surface area contributed by atoms with Gasteiger partial charge in [0.2, 0.25) is 0 Å². The number of phenolic OH excluding ortho intramolecular Hbond substituents is 1. The van der Waals surface area contributed by atoms with Gasteiger partial charge in [-0.25, -0.2) is 4.79 Å². The first kappa shape index (κ1) is 19.0. The van der Waals surface area contributed by atoms with E-state index in [-0.39, 0.29) is 11.3 Å². The Morgan fingerprint density at radius 1 is 1.04 bits per heavy atom. The summed E-state index contributed by atoms with van der Waals surface area (Å²) in [5.41, 5.74) is 0.383. The zero-order valence-corrected chi connectivity index (χ0v) is 15.3. The predicted molar refractivity (Wildman–Crippen MR) is 106 cm³/mol. The molecule has 0 spiro atoms. The third-order valence-electron chi connectivity index (χ3n) is 4.06. The molecule has 1 N–H and O–H groups in total. The van der Waals surface area contributed by atoms with E-state index in [1.807, 2.05) is 0 Å². The van der Waals surface area contributed by atoms with Crippen LogP contribution in [0.15, 0.2) is 69.9 Å². The smallest absolute Gasteiger partial charge is 0.347 e. The van der Waals surface area contributed by atoms with Crippen molar-refractivity contribution >= 4 is 22.8 Å². The van der Waals surface area contributed by atoms with Crippen molar-refractivity contribution in [3.05, 3.63) is 82.2 Å². The number of aromatic hydroxyl groups is 1. The lowest BCUT2D eigenvalue weighted by atomic mass is 10.1. The van der Waals surface area contributed by atoms with Crippen molar-refractivity contribution in [1.29, 1.82) is 0 Å². The number of hydrogen-bond donors (Lipinski definition) is 1. The van der Waals surface area contributed by atoms with Crippen molar-refractivity contribution in [3.8, 4) is 17.2 Å². The summed E-state index contributed by atoms with van der Waals surface area (Å²) in [6, 6.07) is 11.4. The summed E-state index contributed by atoms with van der Waals surface area (Å²) in [5.74, 6) is 0.503. The fraction of sp³-hybridized carbons (Fsp3) is 0.0909. The number of hydrogen-bond acceptors (Lipinski definition) is 6. The number of ketones is 1. The minimum Gasteiger partial charge on any atom is -0.504 e. The summed E-state index contributed by atoms with van der Waals surface area (Å²) in [5, 5.41) is 10.2. The molecule has 6 nitrogen and oxygen atoms in total. The molecule has 6 heteroatoms. The number of carbonyl (C=O) groups excluding carboxylic acids is 1. The lowest BCUT2D eigenvalue weighted by molar-refractivity contribution is 0.104. The molecule has 1 heterocycles. The average Bonchev–Trinajstić information content (AvgIpc) is 2.71. The normalized spacial score (nSPS) is 11.4. The zero-order valence-electron chi connectivity index (χ0n) is 15.3. The van der Waals surface area contributed by atoms with Crippen molar-refractivity contribution < 1.29 is 23.8 Å². The van der Waals surface area contributed by atoms with Gasteiger partial charge in [0.05, 0.1) is 14.2 Å². The molecule has 0 saturated carbocycles. The van der Waals surface area contributed by atoms with Gasteiger partial charge in [0.1, 0.15) is 16.9 Å². The molecule has 0 aliphatic rings. The number of allylic oxidation sites excluding steroid dienone is 3. The molecule has 0 bridgehead atoms. The lowest BCUT2D eigenvalue weighted by Gasteiger charge is -2.03. The Hall–Kier alpha value is -3.80. The Balaban J connectivity index is 1.78. The fourth-order valence-corrected chi connectivity index (χ4v) is 2.59. The molecule has 0 aliphatic carbocycles. The van der Waals surface area contributed by atoms with Gasteiger partial charge in [-0.3, -0.25) is 4.79 Å². The quantitative estimate of drug-likeness (QED) is 0.302. The zero-order chi connectivity index (χ0) is 20.1. The summed E-state index contributed by atoms with van der Waals surface area (Å²) in [6.45, 7) is 0. The summed E-state index contributed by atoms with van der Waals surface area (Å²) in [6.07, 6.45) is 6.20. The van der Waals surface area contributed by atoms with Gasteiger partial charge in [0.25, 0.3) is 0 Å². The van der Waals surface area contributed by atoms with Crippen molar-refractivity contribution in [3.63, 3.8) is 0 Å². The van der Waals surface area contributed by atoms with Gasteiger partial charge in [0.15, 0.2) is 17.3 Å². The number of fused-ring (bicyclic) bond motifs is 1. The first-order valence-corrected chi connectivity index (χ1v) is 8.40. The number of benzene rings is 2. The van der Waals surface area contributed by atoms with E-state index in [1.54, 1.807) is 42.5 Å². The van der Waals surface area contributed by atoms with Gasteiger partial charge in [-0.1, -0.05) is 24.3 Å². The van der Waals surface area contributed by atoms with Gasteiger partial charge < -0.3 is 19.0 Å². The maximum absolute atomic E-state index is 12.3. The molecule has 0 radical (unpaired) electrons. The SMILES string of the molecule is COc1ccc2cc(C(=O)/C=C/C=C/c3ccc(O)c(OC)c3)c(=O)oc2c1. The average molecular weight is 378 g/mol. The van der Waals surface area contributed by atoms with E-state index < -0.39 is 11.4 Å². The fourth-order valence-electron chi connectivity index (χ4n) is 2.59. The molecule has 3 aromatic rings. The van der Waals surface area contributed by atoms with Crippen LogP contribution in [0.1, 0.15) is 15.9 Å². The maximum atomic E-state index is 12.3. The van der Waals surface area contributed by atoms with E-state index >= 15 is 0 Å². The number of rotatable bonds is 6. The second kappa shape index (κ2) is 8.26. The Morgan fingerprint density at radius 3 is 2.61 bits per heavy atom. The minimum atomic E-state index is -0.706. The van der Waals surface area contributed by atoms with E-state index in [0.717, 1.165) is 5.56 Å². The van der Waals surface area contributed by atoms with Gasteiger partial charge >= 0.3 is 5.63 Å². The standard InChI is InChI=1S/C22H18O6/c1-26-16-9-8-15-12-17(22(25)28-20(15)13-16)18(23)6-4-3-5-14-7-10-19(24)21(11-14)27-2/h3-13,24H,1-2H3/b5-3+,6-4+. The topological polar surface area (TPSA) is 86.0 Å². The molecule has 2 aromatic carbocycles. The summed E-state index contributed by atoms with van der Waals surface area (Å²) in [4.78, 5) is 24.4. The number of methoxy groups -OCH3 is 2. The molecular formula is C22H18O6. The predicted octanol–water partition coefficient (Wildman–Crippen LogP) is 3.97. The third kappa shape index (κ3) is 4.12. The Kier molecular flexibility index (Phi) is 5.60. The van der Waals surface area contributed by atoms with Crippen LogP contribution in [0.4, 0.5) is 0 Å². The molecule has 0 saturated heterocycles. The number of ether oxygens (including phenoxy) is 2. The molecule has 1 aromatic heterocycles. The monoisotopic (exact) mass is 378 g/mol. The molecular weight excluding hydrogens is 360 g/mol. The first-order chi connectivity index (χ1) is 13.5. The molecule has 28 heavy (non-hydrogen) atoms. The maximum Gasteiger partial charge on any atom is 0.347 e. The van der Waals surface area contributed by atoms with E-state index in [2.05, 4.69) is 0 Å². The van der Waals surface area contributed by atoms with E-state index in [1.165, 1.54) is 38.5 Å². The van der Waals surface area contributed by atoms with Crippen LogP contribution in [0.5, 0.6) is 17.2 Å². The highest BCUT2D eigenvalue weighted by molar-refractivity contribution is 6.05. The first-order valence-electron chi connectivity index (χ1n) is 8.40. The van der Waals surface area contributed by atoms with Gasteiger partial charge in [-0.2, -0.15) is 0 Å². The third-order valence-corrected chi connectivity index (χ3v) is 4.06. The van der Waals surface area contributed by atoms with Crippen LogP contribution in [0, 0.1) is 0 Å². The van der Waals surface area contributed by atoms with Crippen molar-refractivity contribution in [2.45, 2.75) is 0 Å². The lowest BCUT2D eigenvalue weighted by Crippen LogP contribution is -2.11. The second-order valence-corrected chi connectivity index (χ2v) is 5.87. The molecule has 0 unspecified atom stereocenters. The highest BCUT2D eigenvalue weighted by atomic mass is 16.5. The molecule has 3 rings (SSSR count). The van der Waals surface area contributed by atoms with Crippen LogP contribution < -0.4 is 15.1 Å². The highest BCUT2D eigenvalue weighted by Crippen LogP contribution is 2.26.